The van der Waals surface area contributed by atoms with E-state index in [0.717, 1.165) is 12.3 Å². The van der Waals surface area contributed by atoms with Gasteiger partial charge in [0.2, 0.25) is 0 Å². The van der Waals surface area contributed by atoms with Gasteiger partial charge in [0.05, 0.1) is 10.6 Å². The van der Waals surface area contributed by atoms with Gasteiger partial charge < -0.3 is 10.6 Å². The van der Waals surface area contributed by atoms with Gasteiger partial charge in [0.15, 0.2) is 21.5 Å². The summed E-state index contributed by atoms with van der Waals surface area (Å²) in [6.45, 7) is 0.575. The molecule has 2 atom stereocenters. The van der Waals surface area contributed by atoms with Gasteiger partial charge in [-0.3, -0.25) is 0 Å². The van der Waals surface area contributed by atoms with Crippen molar-refractivity contribution in [1.82, 2.24) is 9.97 Å². The quantitative estimate of drug-likeness (QED) is 0.618. The monoisotopic (exact) mass is 448 g/mol. The van der Waals surface area contributed by atoms with Gasteiger partial charge in [-0.15, -0.1) is 0 Å². The molecule has 0 saturated carbocycles. The number of benzene rings is 2. The maximum atomic E-state index is 14.2. The van der Waals surface area contributed by atoms with E-state index in [9.17, 15) is 21.6 Å². The highest BCUT2D eigenvalue weighted by atomic mass is 32.2. The Bertz CT molecular complexity index is 1250. The molecule has 1 saturated heterocycles. The zero-order valence-corrected chi connectivity index (χ0v) is 17.3. The van der Waals surface area contributed by atoms with Crippen molar-refractivity contribution in [3.8, 4) is 11.3 Å². The van der Waals surface area contributed by atoms with Crippen molar-refractivity contribution >= 4 is 15.7 Å². The summed E-state index contributed by atoms with van der Waals surface area (Å²) >= 11 is 0. The molecule has 0 radical (unpaired) electrons. The van der Waals surface area contributed by atoms with Gasteiger partial charge >= 0.3 is 0 Å². The van der Waals surface area contributed by atoms with Gasteiger partial charge in [-0.05, 0) is 23.8 Å². The third kappa shape index (κ3) is 4.26. The first-order valence-electron chi connectivity index (χ1n) is 9.41. The molecule has 0 unspecified atom stereocenters. The van der Waals surface area contributed by atoms with Gasteiger partial charge in [0.25, 0.3) is 0 Å². The molecule has 0 aliphatic carbocycles. The van der Waals surface area contributed by atoms with Crippen LogP contribution in [0.1, 0.15) is 11.5 Å². The maximum absolute atomic E-state index is 14.2. The van der Waals surface area contributed by atoms with Crippen molar-refractivity contribution < 1.29 is 21.6 Å². The molecule has 6 nitrogen and oxygen atoms in total. The smallest absolute Gasteiger partial charge is 0.175 e. The Labute approximate surface area is 177 Å². The average Bonchev–Trinajstić information content (AvgIpc) is 3.12. The minimum absolute atomic E-state index is 0.0176. The van der Waals surface area contributed by atoms with Crippen LogP contribution in [0.15, 0.2) is 53.7 Å². The van der Waals surface area contributed by atoms with Crippen LogP contribution < -0.4 is 10.6 Å². The van der Waals surface area contributed by atoms with Crippen molar-refractivity contribution in [2.45, 2.75) is 16.9 Å². The zero-order chi connectivity index (χ0) is 22.3. The molecule has 3 aromatic rings. The predicted molar refractivity (Wildman–Crippen MR) is 110 cm³/mol. The zero-order valence-electron chi connectivity index (χ0n) is 16.5. The van der Waals surface area contributed by atoms with E-state index in [-0.39, 0.29) is 17.0 Å². The molecule has 162 valence electrons. The number of nitrogens with two attached hydrogens (primary N) is 1. The number of hydrogen-bond acceptors (Lipinski definition) is 6. The number of aromatic nitrogens is 2. The lowest BCUT2D eigenvalue weighted by atomic mass is 9.94. The summed E-state index contributed by atoms with van der Waals surface area (Å²) in [5.74, 6) is -3.27. The second-order valence-corrected chi connectivity index (χ2v) is 9.54. The van der Waals surface area contributed by atoms with Gasteiger partial charge in [-0.2, -0.15) is 0 Å². The number of anilines is 1. The molecule has 31 heavy (non-hydrogen) atoms. The van der Waals surface area contributed by atoms with E-state index in [1.54, 1.807) is 18.2 Å². The van der Waals surface area contributed by atoms with Gasteiger partial charge in [0.1, 0.15) is 18.0 Å². The molecule has 2 heterocycles. The molecule has 0 amide bonds. The third-order valence-corrected chi connectivity index (χ3v) is 6.45. The van der Waals surface area contributed by atoms with Crippen molar-refractivity contribution in [1.29, 1.82) is 0 Å². The van der Waals surface area contributed by atoms with Crippen molar-refractivity contribution in [2.75, 3.05) is 24.2 Å². The second kappa shape index (κ2) is 7.93. The predicted octanol–water partition coefficient (Wildman–Crippen LogP) is 2.90. The van der Waals surface area contributed by atoms with Crippen LogP contribution in [0.4, 0.5) is 19.0 Å². The van der Waals surface area contributed by atoms with Gasteiger partial charge in [0, 0.05) is 49.0 Å². The topological polar surface area (TPSA) is 89.2 Å². The summed E-state index contributed by atoms with van der Waals surface area (Å²) in [5.41, 5.74) is 7.30. The number of halogens is 3. The Kier molecular flexibility index (Phi) is 5.44. The molecule has 4 rings (SSSR count). The Balaban J connectivity index is 1.63. The molecule has 1 fully saturated rings. The molecule has 2 N–H and O–H groups in total. The minimum Gasteiger partial charge on any atom is -0.354 e. The highest BCUT2D eigenvalue weighted by Crippen LogP contribution is 2.33. The normalized spacial score (nSPS) is 19.1. The largest absolute Gasteiger partial charge is 0.354 e. The van der Waals surface area contributed by atoms with Crippen LogP contribution in [0.2, 0.25) is 0 Å². The number of rotatable bonds is 4. The lowest BCUT2D eigenvalue weighted by Gasteiger charge is -2.18. The van der Waals surface area contributed by atoms with E-state index in [1.165, 1.54) is 18.5 Å². The van der Waals surface area contributed by atoms with E-state index < -0.39 is 39.2 Å². The Hall–Kier alpha value is -2.98. The summed E-state index contributed by atoms with van der Waals surface area (Å²) in [7, 11) is -3.38. The van der Waals surface area contributed by atoms with E-state index in [4.69, 9.17) is 5.73 Å². The second-order valence-electron chi connectivity index (χ2n) is 7.52. The molecule has 1 aromatic heterocycles. The minimum atomic E-state index is -3.38. The van der Waals surface area contributed by atoms with E-state index in [1.807, 2.05) is 4.90 Å². The lowest BCUT2D eigenvalue weighted by molar-refractivity contribution is 0.482. The summed E-state index contributed by atoms with van der Waals surface area (Å²) in [6, 6.07) is 8.91. The molecule has 2 aromatic carbocycles. The van der Waals surface area contributed by atoms with E-state index >= 15 is 0 Å². The van der Waals surface area contributed by atoms with Crippen molar-refractivity contribution in [3.05, 3.63) is 71.8 Å². The van der Waals surface area contributed by atoms with Crippen LogP contribution in [0, 0.1) is 17.5 Å². The first-order valence-corrected chi connectivity index (χ1v) is 11.3. The molecule has 1 aliphatic heterocycles. The average molecular weight is 448 g/mol. The maximum Gasteiger partial charge on any atom is 0.175 e. The number of nitrogens with zero attached hydrogens (tertiary/aromatic N) is 3. The van der Waals surface area contributed by atoms with Crippen LogP contribution in [0.5, 0.6) is 0 Å². The van der Waals surface area contributed by atoms with Gasteiger partial charge in [-0.1, -0.05) is 12.1 Å². The Morgan fingerprint density at radius 2 is 1.74 bits per heavy atom. The van der Waals surface area contributed by atoms with Crippen LogP contribution in [-0.4, -0.2) is 43.8 Å². The molecule has 0 bridgehead atoms. The fraction of sp³-hybridized carbons (Fsp3) is 0.238. The fourth-order valence-electron chi connectivity index (χ4n) is 3.73. The Morgan fingerprint density at radius 3 is 2.48 bits per heavy atom. The van der Waals surface area contributed by atoms with E-state index in [2.05, 4.69) is 9.97 Å². The highest BCUT2D eigenvalue weighted by molar-refractivity contribution is 7.90. The summed E-state index contributed by atoms with van der Waals surface area (Å²) < 4.78 is 64.9. The van der Waals surface area contributed by atoms with Crippen LogP contribution in [-0.2, 0) is 9.84 Å². The number of hydrogen-bond donors (Lipinski definition) is 1. The van der Waals surface area contributed by atoms with Crippen LogP contribution in [0.3, 0.4) is 0 Å². The first kappa shape index (κ1) is 21.3. The van der Waals surface area contributed by atoms with Crippen molar-refractivity contribution in [3.63, 3.8) is 0 Å². The summed E-state index contributed by atoms with van der Waals surface area (Å²) in [4.78, 5) is 10.4. The molecular weight excluding hydrogens is 429 g/mol. The van der Waals surface area contributed by atoms with Gasteiger partial charge in [-0.25, -0.2) is 31.6 Å². The SMILES string of the molecule is CS(=O)(=O)c1cccc(-c2cc(N3C[C@H](c4cc(F)c(F)cc4F)[C@@H](N)C3)ncn2)c1. The fourth-order valence-corrected chi connectivity index (χ4v) is 4.40. The summed E-state index contributed by atoms with van der Waals surface area (Å²) in [6.07, 6.45) is 2.47. The lowest BCUT2D eigenvalue weighted by Crippen LogP contribution is -2.29. The standard InChI is InChI=1S/C21H19F3N4O2S/c1-31(29,30)13-4-2-3-12(5-13)20-8-21(27-11-26-20)28-9-15(19(25)10-28)14-6-17(23)18(24)7-16(14)22/h2-8,11,15,19H,9-10,25H2,1H3/t15-,19+/m1/s1. The molecule has 10 heteroatoms. The molecule has 0 spiro atoms. The first-order chi connectivity index (χ1) is 14.6. The molecule has 1 aliphatic rings. The van der Waals surface area contributed by atoms with E-state index in [0.29, 0.717) is 29.7 Å². The highest BCUT2D eigenvalue weighted by Gasteiger charge is 2.34. The summed E-state index contributed by atoms with van der Waals surface area (Å²) in [5, 5.41) is 0. The van der Waals surface area contributed by atoms with Crippen molar-refractivity contribution in [2.24, 2.45) is 5.73 Å². The Morgan fingerprint density at radius 1 is 1.00 bits per heavy atom. The third-order valence-electron chi connectivity index (χ3n) is 5.34. The molecular formula is C21H19F3N4O2S. The van der Waals surface area contributed by atoms with Crippen LogP contribution >= 0.6 is 0 Å². The number of sulfone groups is 1. The van der Waals surface area contributed by atoms with Crippen LogP contribution in [0.25, 0.3) is 11.3 Å².